The van der Waals surface area contributed by atoms with Crippen LogP contribution in [-0.2, 0) is 7.05 Å². The summed E-state index contributed by atoms with van der Waals surface area (Å²) in [5.74, 6) is 1.31. The Morgan fingerprint density at radius 3 is 2.78 bits per heavy atom. The lowest BCUT2D eigenvalue weighted by molar-refractivity contribution is 0.401. The number of aromatic nitrogens is 5. The summed E-state index contributed by atoms with van der Waals surface area (Å²) < 4.78 is 7.08. The highest BCUT2D eigenvalue weighted by Crippen LogP contribution is 2.31. The van der Waals surface area contributed by atoms with Crippen LogP contribution in [-0.4, -0.2) is 31.8 Å². The molecule has 23 heavy (non-hydrogen) atoms. The first-order valence-electron chi connectivity index (χ1n) is 7.07. The summed E-state index contributed by atoms with van der Waals surface area (Å²) in [6.45, 7) is 0. The van der Waals surface area contributed by atoms with Gasteiger partial charge in [0.05, 0.1) is 29.8 Å². The maximum atomic E-state index is 6.05. The fourth-order valence-electron chi connectivity index (χ4n) is 2.58. The molecule has 0 bridgehead atoms. The van der Waals surface area contributed by atoms with E-state index in [0.29, 0.717) is 28.7 Å². The highest BCUT2D eigenvalue weighted by molar-refractivity contribution is 5.89. The monoisotopic (exact) mass is 306 g/mol. The van der Waals surface area contributed by atoms with Gasteiger partial charge in [0.2, 0.25) is 5.88 Å². The number of nitrogens with zero attached hydrogens (tertiary/aromatic N) is 5. The van der Waals surface area contributed by atoms with Gasteiger partial charge in [-0.25, -0.2) is 15.0 Å². The van der Waals surface area contributed by atoms with Crippen LogP contribution < -0.4 is 10.5 Å². The Morgan fingerprint density at radius 2 is 1.96 bits per heavy atom. The number of benzene rings is 1. The van der Waals surface area contributed by atoms with Crippen LogP contribution in [0.4, 0.5) is 5.82 Å². The van der Waals surface area contributed by atoms with Gasteiger partial charge >= 0.3 is 0 Å². The van der Waals surface area contributed by atoms with Crippen LogP contribution in [0.1, 0.15) is 0 Å². The highest BCUT2D eigenvalue weighted by Gasteiger charge is 2.16. The molecule has 4 aromatic rings. The first-order valence-corrected chi connectivity index (χ1v) is 7.07. The quantitative estimate of drug-likeness (QED) is 0.610. The van der Waals surface area contributed by atoms with Gasteiger partial charge in [-0.15, -0.1) is 0 Å². The number of methoxy groups -OCH3 is 1. The second-order valence-corrected chi connectivity index (χ2v) is 5.18. The Morgan fingerprint density at radius 1 is 1.13 bits per heavy atom. The average Bonchev–Trinajstić information content (AvgIpc) is 2.95. The molecule has 0 spiro atoms. The van der Waals surface area contributed by atoms with Crippen molar-refractivity contribution in [2.75, 3.05) is 12.8 Å². The van der Waals surface area contributed by atoms with Crippen molar-refractivity contribution < 1.29 is 4.74 Å². The number of fused-ring (bicyclic) bond motifs is 2. The normalized spacial score (nSPS) is 11.2. The maximum absolute atomic E-state index is 6.05. The SMILES string of the molecule is COc1nc2ccccc2cc1-c1nc(N)c2cnn(C)c2n1. The van der Waals surface area contributed by atoms with Crippen LogP contribution >= 0.6 is 0 Å². The molecule has 0 aliphatic heterocycles. The zero-order valence-electron chi connectivity index (χ0n) is 12.7. The summed E-state index contributed by atoms with van der Waals surface area (Å²) in [5, 5.41) is 5.88. The van der Waals surface area contributed by atoms with Crippen molar-refractivity contribution in [3.05, 3.63) is 36.5 Å². The lowest BCUT2D eigenvalue weighted by Crippen LogP contribution is -2.01. The van der Waals surface area contributed by atoms with Crippen molar-refractivity contribution >= 4 is 27.8 Å². The van der Waals surface area contributed by atoms with Crippen molar-refractivity contribution in [3.63, 3.8) is 0 Å². The first kappa shape index (κ1) is 13.4. The van der Waals surface area contributed by atoms with Gasteiger partial charge in [-0.2, -0.15) is 5.10 Å². The average molecular weight is 306 g/mol. The summed E-state index contributed by atoms with van der Waals surface area (Å²) in [7, 11) is 3.39. The Hall–Kier alpha value is -3.22. The van der Waals surface area contributed by atoms with Crippen LogP contribution in [0.5, 0.6) is 5.88 Å². The number of nitrogens with two attached hydrogens (primary N) is 1. The molecule has 7 heteroatoms. The van der Waals surface area contributed by atoms with Gasteiger partial charge in [0.25, 0.3) is 0 Å². The largest absolute Gasteiger partial charge is 0.480 e. The molecular weight excluding hydrogens is 292 g/mol. The van der Waals surface area contributed by atoms with Crippen LogP contribution in [0.2, 0.25) is 0 Å². The predicted molar refractivity (Wildman–Crippen MR) is 88.0 cm³/mol. The fourth-order valence-corrected chi connectivity index (χ4v) is 2.58. The van der Waals surface area contributed by atoms with Crippen molar-refractivity contribution in [2.24, 2.45) is 7.05 Å². The minimum Gasteiger partial charge on any atom is -0.480 e. The third kappa shape index (κ3) is 2.05. The van der Waals surface area contributed by atoms with Crippen LogP contribution in [0.15, 0.2) is 36.5 Å². The number of pyridine rings is 1. The number of aryl methyl sites for hydroxylation is 1. The third-order valence-electron chi connectivity index (χ3n) is 3.74. The zero-order chi connectivity index (χ0) is 16.0. The molecule has 0 unspecified atom stereocenters. The van der Waals surface area contributed by atoms with Crippen molar-refractivity contribution in [3.8, 4) is 17.3 Å². The lowest BCUT2D eigenvalue weighted by Gasteiger charge is -2.09. The molecule has 7 nitrogen and oxygen atoms in total. The van der Waals surface area contributed by atoms with Gasteiger partial charge in [-0.05, 0) is 12.1 Å². The highest BCUT2D eigenvalue weighted by atomic mass is 16.5. The summed E-state index contributed by atoms with van der Waals surface area (Å²) in [6, 6.07) is 9.76. The molecule has 0 radical (unpaired) electrons. The molecule has 3 aromatic heterocycles. The summed E-state index contributed by atoms with van der Waals surface area (Å²) in [4.78, 5) is 13.5. The Balaban J connectivity index is 2.02. The standard InChI is InChI=1S/C16H14N6O/c1-22-15-11(8-18-22)13(17)20-14(21-15)10-7-9-5-3-4-6-12(9)19-16(10)23-2/h3-8H,1-2H3,(H2,17,20,21). The van der Waals surface area contributed by atoms with E-state index in [9.17, 15) is 0 Å². The van der Waals surface area contributed by atoms with E-state index in [1.165, 1.54) is 0 Å². The third-order valence-corrected chi connectivity index (χ3v) is 3.74. The van der Waals surface area contributed by atoms with E-state index in [2.05, 4.69) is 20.1 Å². The number of rotatable bonds is 2. The van der Waals surface area contributed by atoms with E-state index >= 15 is 0 Å². The number of hydrogen-bond donors (Lipinski definition) is 1. The van der Waals surface area contributed by atoms with Gasteiger partial charge in [-0.3, -0.25) is 4.68 Å². The Kier molecular flexibility index (Phi) is 2.87. The molecule has 0 aliphatic rings. The molecule has 0 fully saturated rings. The summed E-state index contributed by atoms with van der Waals surface area (Å²) >= 11 is 0. The Bertz CT molecular complexity index is 1040. The van der Waals surface area contributed by atoms with E-state index in [1.54, 1.807) is 18.0 Å². The molecule has 4 rings (SSSR count). The number of nitrogen functional groups attached to an aromatic ring is 1. The lowest BCUT2D eigenvalue weighted by atomic mass is 10.1. The molecule has 2 N–H and O–H groups in total. The van der Waals surface area contributed by atoms with Crippen molar-refractivity contribution in [2.45, 2.75) is 0 Å². The Labute approximate surface area is 131 Å². The fraction of sp³-hybridized carbons (Fsp3) is 0.125. The van der Waals surface area contributed by atoms with E-state index in [1.807, 2.05) is 37.4 Å². The minimum atomic E-state index is 0.383. The van der Waals surface area contributed by atoms with Gasteiger partial charge in [0.15, 0.2) is 11.5 Å². The molecule has 0 saturated carbocycles. The second-order valence-electron chi connectivity index (χ2n) is 5.18. The minimum absolute atomic E-state index is 0.383. The molecule has 0 atom stereocenters. The van der Waals surface area contributed by atoms with E-state index < -0.39 is 0 Å². The van der Waals surface area contributed by atoms with Gasteiger partial charge in [0.1, 0.15) is 5.82 Å². The number of para-hydroxylation sites is 1. The first-order chi connectivity index (χ1) is 11.2. The van der Waals surface area contributed by atoms with Crippen LogP contribution in [0.3, 0.4) is 0 Å². The summed E-state index contributed by atoms with van der Waals surface area (Å²) in [6.07, 6.45) is 1.66. The topological polar surface area (TPSA) is 91.7 Å². The van der Waals surface area contributed by atoms with E-state index in [0.717, 1.165) is 16.3 Å². The zero-order valence-corrected chi connectivity index (χ0v) is 12.7. The predicted octanol–water partition coefficient (Wildman–Crippen LogP) is 2.17. The van der Waals surface area contributed by atoms with E-state index in [4.69, 9.17) is 10.5 Å². The molecule has 0 saturated heterocycles. The van der Waals surface area contributed by atoms with Crippen molar-refractivity contribution in [1.82, 2.24) is 24.7 Å². The van der Waals surface area contributed by atoms with Gasteiger partial charge in [-0.1, -0.05) is 18.2 Å². The van der Waals surface area contributed by atoms with Crippen LogP contribution in [0.25, 0.3) is 33.3 Å². The molecule has 3 heterocycles. The smallest absolute Gasteiger partial charge is 0.224 e. The molecule has 114 valence electrons. The summed E-state index contributed by atoms with van der Waals surface area (Å²) in [5.41, 5.74) is 8.26. The van der Waals surface area contributed by atoms with Crippen LogP contribution in [0, 0.1) is 0 Å². The number of hydrogen-bond acceptors (Lipinski definition) is 6. The number of anilines is 1. The number of ether oxygens (including phenoxy) is 1. The van der Waals surface area contributed by atoms with Gasteiger partial charge in [0, 0.05) is 12.4 Å². The van der Waals surface area contributed by atoms with Gasteiger partial charge < -0.3 is 10.5 Å². The van der Waals surface area contributed by atoms with Crippen molar-refractivity contribution in [1.29, 1.82) is 0 Å². The molecule has 0 amide bonds. The van der Waals surface area contributed by atoms with E-state index in [-0.39, 0.29) is 0 Å². The molecule has 0 aliphatic carbocycles. The molecular formula is C16H14N6O. The maximum Gasteiger partial charge on any atom is 0.224 e. The molecule has 1 aromatic carbocycles. The second kappa shape index (κ2) is 4.91.